The predicted molar refractivity (Wildman–Crippen MR) is 131 cm³/mol. The molecule has 0 bridgehead atoms. The van der Waals surface area contributed by atoms with Crippen LogP contribution in [0.4, 0.5) is 5.69 Å². The molecule has 33 heavy (non-hydrogen) atoms. The molecular formula is C27H30N2O4. The maximum absolute atomic E-state index is 9.55. The first-order chi connectivity index (χ1) is 16.0. The molecule has 0 spiro atoms. The van der Waals surface area contributed by atoms with Gasteiger partial charge in [-0.05, 0) is 31.2 Å². The van der Waals surface area contributed by atoms with Gasteiger partial charge in [-0.1, -0.05) is 61.5 Å². The number of nitrogens with zero attached hydrogens (tertiary/aromatic N) is 2. The Balaban J connectivity index is 0.000000331. The Morgan fingerprint density at radius 1 is 0.909 bits per heavy atom. The molecule has 1 aliphatic rings. The van der Waals surface area contributed by atoms with Gasteiger partial charge in [0.05, 0.1) is 17.6 Å². The van der Waals surface area contributed by atoms with Crippen LogP contribution < -0.4 is 4.90 Å². The van der Waals surface area contributed by atoms with Gasteiger partial charge in [-0.2, -0.15) is 0 Å². The van der Waals surface area contributed by atoms with Crippen molar-refractivity contribution < 1.29 is 19.8 Å². The summed E-state index contributed by atoms with van der Waals surface area (Å²) in [4.78, 5) is 26.6. The van der Waals surface area contributed by atoms with Gasteiger partial charge >= 0.3 is 11.9 Å². The molecule has 0 amide bonds. The molecule has 6 heteroatoms. The Bertz CT molecular complexity index is 1090. The largest absolute Gasteiger partial charge is 0.478 e. The van der Waals surface area contributed by atoms with Gasteiger partial charge in [0, 0.05) is 41.9 Å². The fourth-order valence-electron chi connectivity index (χ4n) is 4.19. The third kappa shape index (κ3) is 6.91. The number of carboxylic acids is 2. The fraction of sp³-hybridized carbons (Fsp3) is 0.296. The summed E-state index contributed by atoms with van der Waals surface area (Å²) in [7, 11) is 0. The van der Waals surface area contributed by atoms with E-state index < -0.39 is 11.9 Å². The normalized spacial score (nSPS) is 14.5. The van der Waals surface area contributed by atoms with E-state index in [0.29, 0.717) is 18.1 Å². The average Bonchev–Trinajstić information content (AvgIpc) is 2.83. The summed E-state index contributed by atoms with van der Waals surface area (Å²) in [5.41, 5.74) is 3.91. The van der Waals surface area contributed by atoms with Crippen molar-refractivity contribution in [1.29, 1.82) is 0 Å². The first kappa shape index (κ1) is 24.0. The van der Waals surface area contributed by atoms with Gasteiger partial charge in [-0.15, -0.1) is 0 Å². The molecule has 172 valence electrons. The molecular weight excluding hydrogens is 416 g/mol. The highest BCUT2D eigenvalue weighted by Crippen LogP contribution is 2.33. The number of carboxylic acid groups (broad SMARTS) is 2. The maximum Gasteiger partial charge on any atom is 0.328 e. The Labute approximate surface area is 194 Å². The minimum atomic E-state index is -1.26. The number of hydrogen-bond acceptors (Lipinski definition) is 4. The van der Waals surface area contributed by atoms with Gasteiger partial charge in [-0.3, -0.25) is 4.98 Å². The number of hydrogen-bond donors (Lipinski definition) is 2. The van der Waals surface area contributed by atoms with Crippen molar-refractivity contribution in [1.82, 2.24) is 4.98 Å². The van der Waals surface area contributed by atoms with Gasteiger partial charge in [0.2, 0.25) is 0 Å². The van der Waals surface area contributed by atoms with Crippen molar-refractivity contribution in [3.63, 3.8) is 0 Å². The molecule has 1 atom stereocenters. The van der Waals surface area contributed by atoms with E-state index in [1.54, 1.807) is 0 Å². The molecule has 1 fully saturated rings. The van der Waals surface area contributed by atoms with E-state index in [1.807, 2.05) is 0 Å². The number of pyridine rings is 1. The summed E-state index contributed by atoms with van der Waals surface area (Å²) >= 11 is 0. The lowest BCUT2D eigenvalue weighted by Crippen LogP contribution is -2.29. The van der Waals surface area contributed by atoms with Crippen LogP contribution in [-0.2, 0) is 16.0 Å². The first-order valence-corrected chi connectivity index (χ1v) is 11.3. The molecule has 0 aliphatic carbocycles. The smallest absolute Gasteiger partial charge is 0.328 e. The zero-order valence-corrected chi connectivity index (χ0v) is 18.9. The minimum absolute atomic E-state index is 0.405. The van der Waals surface area contributed by atoms with E-state index in [0.717, 1.165) is 19.5 Å². The highest BCUT2D eigenvalue weighted by atomic mass is 16.4. The molecule has 1 aromatic heterocycles. The molecule has 1 unspecified atom stereocenters. The number of aromatic nitrogens is 1. The van der Waals surface area contributed by atoms with Crippen LogP contribution in [0.2, 0.25) is 0 Å². The second-order valence-corrected chi connectivity index (χ2v) is 8.22. The fourth-order valence-corrected chi connectivity index (χ4v) is 4.19. The number of aliphatic carboxylic acids is 2. The van der Waals surface area contributed by atoms with Crippen molar-refractivity contribution in [2.45, 2.75) is 38.5 Å². The van der Waals surface area contributed by atoms with Crippen LogP contribution in [0.5, 0.6) is 0 Å². The summed E-state index contributed by atoms with van der Waals surface area (Å²) in [5, 5.41) is 18.3. The summed E-state index contributed by atoms with van der Waals surface area (Å²) < 4.78 is 0. The second-order valence-electron chi connectivity index (χ2n) is 8.22. The van der Waals surface area contributed by atoms with Gasteiger partial charge in [0.1, 0.15) is 0 Å². The monoisotopic (exact) mass is 446 g/mol. The highest BCUT2D eigenvalue weighted by molar-refractivity contribution is 5.95. The molecule has 0 radical (unpaired) electrons. The van der Waals surface area contributed by atoms with Crippen LogP contribution in [-0.4, -0.2) is 40.2 Å². The molecule has 2 aromatic carbocycles. The molecule has 1 aliphatic heterocycles. The van der Waals surface area contributed by atoms with Crippen LogP contribution in [0, 0.1) is 0 Å². The lowest BCUT2D eigenvalue weighted by molar-refractivity contribution is -0.134. The molecule has 2 heterocycles. The SMILES string of the molecule is CC(Cc1ccccc1)c1ncc(N2CCCCC2)c2ccccc12.O=C(O)C=CC(=O)O. The van der Waals surface area contributed by atoms with Gasteiger partial charge in [0.15, 0.2) is 0 Å². The van der Waals surface area contributed by atoms with E-state index in [1.165, 1.54) is 47.0 Å². The quantitative estimate of drug-likeness (QED) is 0.501. The van der Waals surface area contributed by atoms with Crippen molar-refractivity contribution >= 4 is 28.4 Å². The lowest BCUT2D eigenvalue weighted by atomic mass is 9.93. The zero-order valence-electron chi connectivity index (χ0n) is 18.9. The minimum Gasteiger partial charge on any atom is -0.478 e. The van der Waals surface area contributed by atoms with Gasteiger partial charge in [0.25, 0.3) is 0 Å². The molecule has 4 rings (SSSR count). The standard InChI is InChI=1S/C23H26N2.C4H4O4/c1-18(16-19-10-4-2-5-11-19)23-21-13-7-6-12-20(21)22(17-24-23)25-14-8-3-9-15-25;5-3(6)1-2-4(7)8/h2,4-7,10-13,17-18H,3,8-9,14-16H2,1H3;1-2H,(H,5,6)(H,7,8). The van der Waals surface area contributed by atoms with Gasteiger partial charge < -0.3 is 15.1 Å². The van der Waals surface area contributed by atoms with E-state index >= 15 is 0 Å². The Kier molecular flexibility index (Phi) is 8.58. The van der Waals surface area contributed by atoms with Crippen LogP contribution in [0.25, 0.3) is 10.8 Å². The van der Waals surface area contributed by atoms with Crippen LogP contribution in [0.15, 0.2) is 72.9 Å². The summed E-state index contributed by atoms with van der Waals surface area (Å²) in [6.07, 6.45) is 8.20. The van der Waals surface area contributed by atoms with Crippen molar-refractivity contribution in [2.75, 3.05) is 18.0 Å². The van der Waals surface area contributed by atoms with Crippen molar-refractivity contribution in [3.8, 4) is 0 Å². The second kappa shape index (κ2) is 11.8. The first-order valence-electron chi connectivity index (χ1n) is 11.3. The van der Waals surface area contributed by atoms with E-state index in [4.69, 9.17) is 15.2 Å². The highest BCUT2D eigenvalue weighted by Gasteiger charge is 2.18. The number of benzene rings is 2. The van der Waals surface area contributed by atoms with E-state index in [2.05, 4.69) is 72.6 Å². The topological polar surface area (TPSA) is 90.7 Å². The molecule has 1 saturated heterocycles. The summed E-state index contributed by atoms with van der Waals surface area (Å²) in [6.45, 7) is 4.61. The lowest BCUT2D eigenvalue weighted by Gasteiger charge is -2.30. The summed E-state index contributed by atoms with van der Waals surface area (Å²) in [5.74, 6) is -2.11. The van der Waals surface area contributed by atoms with Crippen LogP contribution >= 0.6 is 0 Å². The van der Waals surface area contributed by atoms with Crippen LogP contribution in [0.1, 0.15) is 43.4 Å². The Morgan fingerprint density at radius 3 is 2.09 bits per heavy atom. The van der Waals surface area contributed by atoms with Gasteiger partial charge in [-0.25, -0.2) is 9.59 Å². The third-order valence-electron chi connectivity index (χ3n) is 5.72. The number of piperidine rings is 1. The summed E-state index contributed by atoms with van der Waals surface area (Å²) in [6, 6.07) is 19.5. The number of fused-ring (bicyclic) bond motifs is 1. The van der Waals surface area contributed by atoms with Crippen molar-refractivity contribution in [2.24, 2.45) is 0 Å². The molecule has 6 nitrogen and oxygen atoms in total. The Morgan fingerprint density at radius 2 is 1.48 bits per heavy atom. The Hall–Kier alpha value is -3.67. The number of rotatable bonds is 6. The molecule has 3 aromatic rings. The molecule has 0 saturated carbocycles. The average molecular weight is 447 g/mol. The number of anilines is 1. The zero-order chi connectivity index (χ0) is 23.6. The maximum atomic E-state index is 9.55. The number of carbonyl (C=O) groups is 2. The van der Waals surface area contributed by atoms with Crippen molar-refractivity contribution in [3.05, 3.63) is 84.2 Å². The van der Waals surface area contributed by atoms with E-state index in [9.17, 15) is 9.59 Å². The molecule has 2 N–H and O–H groups in total. The third-order valence-corrected chi connectivity index (χ3v) is 5.72. The van der Waals surface area contributed by atoms with Crippen LogP contribution in [0.3, 0.4) is 0 Å². The predicted octanol–water partition coefficient (Wildman–Crippen LogP) is 5.28. The van der Waals surface area contributed by atoms with E-state index in [-0.39, 0.29) is 0 Å².